The Kier molecular flexibility index (Phi) is 5.67. The number of hydrogen-bond donors (Lipinski definition) is 1. The molecule has 0 atom stereocenters. The Morgan fingerprint density at radius 1 is 1.15 bits per heavy atom. The Bertz CT molecular complexity index is 907. The van der Waals surface area contributed by atoms with E-state index < -0.39 is 0 Å². The number of aromatic nitrogens is 3. The molecule has 0 saturated heterocycles. The van der Waals surface area contributed by atoms with Crippen molar-refractivity contribution in [1.29, 1.82) is 0 Å². The molecular formula is C21H22N4O. The lowest BCUT2D eigenvalue weighted by molar-refractivity contribution is 0.365. The van der Waals surface area contributed by atoms with Crippen LogP contribution in [0.4, 0.5) is 0 Å². The minimum absolute atomic E-state index is 0.273. The second-order valence-corrected chi connectivity index (χ2v) is 6.07. The monoisotopic (exact) mass is 346 g/mol. The SMILES string of the molecule is C#CCOc1ccccc1CNCc1ccc(-n2nc(C)cc2C)nc1. The molecule has 0 amide bonds. The lowest BCUT2D eigenvalue weighted by atomic mass is 10.2. The van der Waals surface area contributed by atoms with Gasteiger partial charge in [-0.1, -0.05) is 30.2 Å². The van der Waals surface area contributed by atoms with Crippen LogP contribution < -0.4 is 10.1 Å². The predicted molar refractivity (Wildman–Crippen MR) is 102 cm³/mol. The minimum atomic E-state index is 0.273. The van der Waals surface area contributed by atoms with E-state index in [1.54, 1.807) is 0 Å². The van der Waals surface area contributed by atoms with Crippen molar-refractivity contribution in [3.63, 3.8) is 0 Å². The zero-order valence-corrected chi connectivity index (χ0v) is 15.1. The Morgan fingerprint density at radius 2 is 2.00 bits per heavy atom. The molecule has 2 heterocycles. The molecule has 0 aliphatic carbocycles. The quantitative estimate of drug-likeness (QED) is 0.668. The molecule has 132 valence electrons. The number of terminal acetylenes is 1. The first-order valence-electron chi connectivity index (χ1n) is 8.51. The summed E-state index contributed by atoms with van der Waals surface area (Å²) >= 11 is 0. The molecule has 26 heavy (non-hydrogen) atoms. The molecule has 1 aromatic carbocycles. The normalized spacial score (nSPS) is 10.5. The molecule has 0 bridgehead atoms. The second-order valence-electron chi connectivity index (χ2n) is 6.07. The first kappa shape index (κ1) is 17.7. The zero-order valence-electron chi connectivity index (χ0n) is 15.1. The third-order valence-corrected chi connectivity index (χ3v) is 3.96. The van der Waals surface area contributed by atoms with Gasteiger partial charge < -0.3 is 10.1 Å². The van der Waals surface area contributed by atoms with Crippen molar-refractivity contribution in [2.45, 2.75) is 26.9 Å². The largest absolute Gasteiger partial charge is 0.481 e. The average molecular weight is 346 g/mol. The minimum Gasteiger partial charge on any atom is -0.481 e. The van der Waals surface area contributed by atoms with E-state index in [4.69, 9.17) is 11.2 Å². The van der Waals surface area contributed by atoms with Gasteiger partial charge in [0.1, 0.15) is 12.4 Å². The number of aryl methyl sites for hydroxylation is 2. The summed E-state index contributed by atoms with van der Waals surface area (Å²) in [6.07, 6.45) is 7.14. The van der Waals surface area contributed by atoms with E-state index in [2.05, 4.69) is 27.4 Å². The number of hydrogen-bond acceptors (Lipinski definition) is 4. The first-order chi connectivity index (χ1) is 12.7. The van der Waals surface area contributed by atoms with E-state index in [0.29, 0.717) is 13.1 Å². The summed E-state index contributed by atoms with van der Waals surface area (Å²) in [4.78, 5) is 4.52. The topological polar surface area (TPSA) is 52.0 Å². The highest BCUT2D eigenvalue weighted by atomic mass is 16.5. The Balaban J connectivity index is 1.59. The van der Waals surface area contributed by atoms with Crippen molar-refractivity contribution in [3.8, 4) is 23.9 Å². The van der Waals surface area contributed by atoms with E-state index in [9.17, 15) is 0 Å². The molecular weight excluding hydrogens is 324 g/mol. The lowest BCUT2D eigenvalue weighted by Crippen LogP contribution is -2.14. The number of rotatable bonds is 7. The number of ether oxygens (including phenoxy) is 1. The van der Waals surface area contributed by atoms with Crippen molar-refractivity contribution in [3.05, 3.63) is 71.2 Å². The van der Waals surface area contributed by atoms with Crippen LogP contribution >= 0.6 is 0 Å². The molecule has 0 saturated carbocycles. The summed E-state index contributed by atoms with van der Waals surface area (Å²) in [5.74, 6) is 4.13. The van der Waals surface area contributed by atoms with Crippen LogP contribution in [0.15, 0.2) is 48.7 Å². The van der Waals surface area contributed by atoms with Crippen LogP contribution in [0.2, 0.25) is 0 Å². The zero-order chi connectivity index (χ0) is 18.4. The van der Waals surface area contributed by atoms with E-state index >= 15 is 0 Å². The number of para-hydroxylation sites is 1. The summed E-state index contributed by atoms with van der Waals surface area (Å²) < 4.78 is 7.42. The Morgan fingerprint density at radius 3 is 2.69 bits per heavy atom. The van der Waals surface area contributed by atoms with Crippen molar-refractivity contribution >= 4 is 0 Å². The maximum atomic E-state index is 5.57. The van der Waals surface area contributed by atoms with Crippen molar-refractivity contribution in [1.82, 2.24) is 20.1 Å². The van der Waals surface area contributed by atoms with Crippen molar-refractivity contribution in [2.75, 3.05) is 6.61 Å². The fraction of sp³-hybridized carbons (Fsp3) is 0.238. The summed E-state index contributed by atoms with van der Waals surface area (Å²) in [7, 11) is 0. The fourth-order valence-electron chi connectivity index (χ4n) is 2.76. The van der Waals surface area contributed by atoms with Crippen LogP contribution in [0, 0.1) is 26.2 Å². The third kappa shape index (κ3) is 4.29. The summed E-state index contributed by atoms with van der Waals surface area (Å²) in [6.45, 7) is 5.69. The molecule has 3 aromatic rings. The lowest BCUT2D eigenvalue weighted by Gasteiger charge is -2.11. The molecule has 0 fully saturated rings. The molecule has 0 radical (unpaired) electrons. The molecule has 0 unspecified atom stereocenters. The molecule has 3 rings (SSSR count). The second kappa shape index (κ2) is 8.32. The van der Waals surface area contributed by atoms with Gasteiger partial charge >= 0.3 is 0 Å². The van der Waals surface area contributed by atoms with Gasteiger partial charge in [0.25, 0.3) is 0 Å². The van der Waals surface area contributed by atoms with Gasteiger partial charge in [-0.2, -0.15) is 5.10 Å². The highest BCUT2D eigenvalue weighted by molar-refractivity contribution is 5.33. The number of nitrogens with one attached hydrogen (secondary N) is 1. The summed E-state index contributed by atoms with van der Waals surface area (Å²) in [5.41, 5.74) is 4.25. The van der Waals surface area contributed by atoms with E-state index in [1.165, 1.54) is 0 Å². The van der Waals surface area contributed by atoms with Crippen LogP contribution in [0.3, 0.4) is 0 Å². The average Bonchev–Trinajstić information content (AvgIpc) is 2.99. The Hall–Kier alpha value is -3.10. The standard InChI is InChI=1S/C21H22N4O/c1-4-11-26-20-8-6-5-7-19(20)15-22-13-18-9-10-21(23-14-18)25-17(3)12-16(2)24-25/h1,5-10,12,14,22H,11,13,15H2,2-3H3. The van der Waals surface area contributed by atoms with Crippen LogP contribution in [0.5, 0.6) is 5.75 Å². The number of nitrogens with zero attached hydrogens (tertiary/aromatic N) is 3. The van der Waals surface area contributed by atoms with Gasteiger partial charge in [-0.3, -0.25) is 0 Å². The van der Waals surface area contributed by atoms with Gasteiger partial charge in [-0.25, -0.2) is 9.67 Å². The van der Waals surface area contributed by atoms with Crippen LogP contribution in [-0.2, 0) is 13.1 Å². The molecule has 2 aromatic heterocycles. The summed E-state index contributed by atoms with van der Waals surface area (Å²) in [6, 6.07) is 14.0. The van der Waals surface area contributed by atoms with Crippen molar-refractivity contribution in [2.24, 2.45) is 0 Å². The third-order valence-electron chi connectivity index (χ3n) is 3.96. The molecule has 5 heteroatoms. The van der Waals surface area contributed by atoms with Gasteiger partial charge in [0.15, 0.2) is 5.82 Å². The maximum Gasteiger partial charge on any atom is 0.153 e. The number of pyridine rings is 1. The Labute approximate surface area is 154 Å². The molecule has 0 aliphatic rings. The first-order valence-corrected chi connectivity index (χ1v) is 8.51. The molecule has 0 spiro atoms. The fourth-order valence-corrected chi connectivity index (χ4v) is 2.76. The van der Waals surface area contributed by atoms with E-state index in [0.717, 1.165) is 34.1 Å². The van der Waals surface area contributed by atoms with Crippen LogP contribution in [-0.4, -0.2) is 21.4 Å². The highest BCUT2D eigenvalue weighted by Crippen LogP contribution is 2.17. The molecule has 5 nitrogen and oxygen atoms in total. The van der Waals surface area contributed by atoms with Gasteiger partial charge in [0, 0.05) is 30.5 Å². The molecule has 1 N–H and O–H groups in total. The van der Waals surface area contributed by atoms with E-state index in [1.807, 2.05) is 61.1 Å². The van der Waals surface area contributed by atoms with E-state index in [-0.39, 0.29) is 6.61 Å². The number of benzene rings is 1. The predicted octanol–water partition coefficient (Wildman–Crippen LogP) is 3.19. The van der Waals surface area contributed by atoms with Gasteiger partial charge in [0.05, 0.1) is 5.69 Å². The smallest absolute Gasteiger partial charge is 0.153 e. The maximum absolute atomic E-state index is 5.57. The van der Waals surface area contributed by atoms with Gasteiger partial charge in [-0.05, 0) is 37.6 Å². The van der Waals surface area contributed by atoms with Crippen LogP contribution in [0.1, 0.15) is 22.5 Å². The molecule has 0 aliphatic heterocycles. The van der Waals surface area contributed by atoms with Gasteiger partial charge in [-0.15, -0.1) is 6.42 Å². The van der Waals surface area contributed by atoms with Crippen LogP contribution in [0.25, 0.3) is 5.82 Å². The highest BCUT2D eigenvalue weighted by Gasteiger charge is 2.06. The summed E-state index contributed by atoms with van der Waals surface area (Å²) in [5, 5.41) is 7.87. The van der Waals surface area contributed by atoms with Crippen molar-refractivity contribution < 1.29 is 4.74 Å². The van der Waals surface area contributed by atoms with Gasteiger partial charge in [0.2, 0.25) is 0 Å².